The van der Waals surface area contributed by atoms with Gasteiger partial charge in [0.15, 0.2) is 11.6 Å². The zero-order valence-corrected chi connectivity index (χ0v) is 9.23. The van der Waals surface area contributed by atoms with Gasteiger partial charge in [0.25, 0.3) is 0 Å². The van der Waals surface area contributed by atoms with Gasteiger partial charge in [0.05, 0.1) is 0 Å². The van der Waals surface area contributed by atoms with Crippen LogP contribution in [0.5, 0.6) is 5.75 Å². The van der Waals surface area contributed by atoms with Gasteiger partial charge in [0.1, 0.15) is 6.61 Å². The summed E-state index contributed by atoms with van der Waals surface area (Å²) in [5.41, 5.74) is 0.723. The predicted molar refractivity (Wildman–Crippen MR) is 60.3 cm³/mol. The first-order chi connectivity index (χ1) is 8.16. The molecule has 0 aromatic heterocycles. The number of carbonyl (C=O) groups is 1. The molecule has 0 saturated heterocycles. The van der Waals surface area contributed by atoms with Crippen molar-refractivity contribution in [2.45, 2.75) is 12.8 Å². The van der Waals surface area contributed by atoms with E-state index in [-0.39, 0.29) is 18.3 Å². The normalized spacial score (nSPS) is 15.7. The number of carboxylic acid groups (broad SMARTS) is 1. The highest BCUT2D eigenvalue weighted by atomic mass is 19.1. The van der Waals surface area contributed by atoms with E-state index in [2.05, 4.69) is 0 Å². The van der Waals surface area contributed by atoms with E-state index >= 15 is 0 Å². The molecule has 1 aliphatic carbocycles. The second kappa shape index (κ2) is 4.99. The molecule has 1 aromatic rings. The Morgan fingerprint density at radius 3 is 2.76 bits per heavy atom. The molecule has 0 spiro atoms. The van der Waals surface area contributed by atoms with E-state index in [0.717, 1.165) is 18.4 Å². The molecule has 0 amide bonds. The maximum absolute atomic E-state index is 13.3. The van der Waals surface area contributed by atoms with Gasteiger partial charge in [-0.3, -0.25) is 0 Å². The third-order valence-corrected chi connectivity index (χ3v) is 2.64. The Morgan fingerprint density at radius 2 is 2.18 bits per heavy atom. The summed E-state index contributed by atoms with van der Waals surface area (Å²) >= 11 is 0. The molecular formula is C13H13FO3. The van der Waals surface area contributed by atoms with E-state index in [1.807, 2.05) is 0 Å². The first-order valence-electron chi connectivity index (χ1n) is 5.47. The van der Waals surface area contributed by atoms with Gasteiger partial charge in [-0.2, -0.15) is 0 Å². The molecule has 0 atom stereocenters. The summed E-state index contributed by atoms with van der Waals surface area (Å²) in [5, 5.41) is 8.71. The number of ether oxygens (including phenoxy) is 1. The molecule has 90 valence electrons. The van der Waals surface area contributed by atoms with Crippen molar-refractivity contribution in [2.75, 3.05) is 6.61 Å². The fourth-order valence-electron chi connectivity index (χ4n) is 1.61. The van der Waals surface area contributed by atoms with Gasteiger partial charge >= 0.3 is 5.97 Å². The van der Waals surface area contributed by atoms with E-state index < -0.39 is 11.8 Å². The minimum absolute atomic E-state index is 0.137. The number of hydrogen-bond donors (Lipinski definition) is 1. The molecule has 1 saturated carbocycles. The van der Waals surface area contributed by atoms with Crippen molar-refractivity contribution in [2.24, 2.45) is 5.92 Å². The minimum atomic E-state index is -0.982. The zero-order valence-electron chi connectivity index (χ0n) is 9.23. The number of carboxylic acids is 1. The Kier molecular flexibility index (Phi) is 3.42. The molecule has 4 heteroatoms. The molecule has 1 aromatic carbocycles. The van der Waals surface area contributed by atoms with Gasteiger partial charge < -0.3 is 9.84 Å². The monoisotopic (exact) mass is 236 g/mol. The number of rotatable bonds is 5. The Labute approximate surface area is 98.5 Å². The summed E-state index contributed by atoms with van der Waals surface area (Å²) in [6.07, 6.45) is 3.14. The maximum atomic E-state index is 13.3. The van der Waals surface area contributed by atoms with E-state index in [9.17, 15) is 9.18 Å². The van der Waals surface area contributed by atoms with Crippen LogP contribution in [0.15, 0.2) is 35.9 Å². The zero-order chi connectivity index (χ0) is 12.3. The number of hydrogen-bond acceptors (Lipinski definition) is 2. The molecule has 17 heavy (non-hydrogen) atoms. The summed E-state index contributed by atoms with van der Waals surface area (Å²) < 4.78 is 18.6. The summed E-state index contributed by atoms with van der Waals surface area (Å²) in [5.74, 6) is -0.968. The SMILES string of the molecule is O=C(O)/C=C(/COc1ccccc1F)C1CC1. The van der Waals surface area contributed by atoms with Gasteiger partial charge in [-0.15, -0.1) is 0 Å². The van der Waals surface area contributed by atoms with Crippen LogP contribution < -0.4 is 4.74 Å². The minimum Gasteiger partial charge on any atom is -0.486 e. The van der Waals surface area contributed by atoms with Crippen molar-refractivity contribution in [3.8, 4) is 5.75 Å². The van der Waals surface area contributed by atoms with Gasteiger partial charge in [-0.1, -0.05) is 12.1 Å². The van der Waals surface area contributed by atoms with Crippen LogP contribution >= 0.6 is 0 Å². The first kappa shape index (κ1) is 11.6. The van der Waals surface area contributed by atoms with Gasteiger partial charge in [-0.05, 0) is 36.5 Å². The highest BCUT2D eigenvalue weighted by Crippen LogP contribution is 2.36. The molecule has 0 aliphatic heterocycles. The number of halogens is 1. The Morgan fingerprint density at radius 1 is 1.47 bits per heavy atom. The lowest BCUT2D eigenvalue weighted by Gasteiger charge is -2.09. The highest BCUT2D eigenvalue weighted by Gasteiger charge is 2.27. The van der Waals surface area contributed by atoms with Crippen LogP contribution in [0.1, 0.15) is 12.8 Å². The average Bonchev–Trinajstić information content (AvgIpc) is 3.09. The lowest BCUT2D eigenvalue weighted by atomic mass is 10.1. The van der Waals surface area contributed by atoms with Crippen LogP contribution in [0, 0.1) is 11.7 Å². The molecule has 1 aliphatic rings. The van der Waals surface area contributed by atoms with Crippen LogP contribution in [0.25, 0.3) is 0 Å². The van der Waals surface area contributed by atoms with E-state index in [1.54, 1.807) is 12.1 Å². The van der Waals surface area contributed by atoms with E-state index in [0.29, 0.717) is 0 Å². The summed E-state index contributed by atoms with van der Waals surface area (Å²) in [6, 6.07) is 6.10. The largest absolute Gasteiger partial charge is 0.486 e. The molecule has 0 heterocycles. The quantitative estimate of drug-likeness (QED) is 0.799. The second-order valence-corrected chi connectivity index (χ2v) is 4.05. The lowest BCUT2D eigenvalue weighted by Crippen LogP contribution is -2.06. The van der Waals surface area contributed by atoms with Crippen LogP contribution in [-0.2, 0) is 4.79 Å². The number of benzene rings is 1. The fraction of sp³-hybridized carbons (Fsp3) is 0.308. The molecule has 1 fully saturated rings. The molecule has 3 nitrogen and oxygen atoms in total. The average molecular weight is 236 g/mol. The second-order valence-electron chi connectivity index (χ2n) is 4.05. The molecule has 2 rings (SSSR count). The van der Waals surface area contributed by atoms with Gasteiger partial charge in [0, 0.05) is 6.08 Å². The predicted octanol–water partition coefficient (Wildman–Crippen LogP) is 2.63. The highest BCUT2D eigenvalue weighted by molar-refractivity contribution is 5.80. The van der Waals surface area contributed by atoms with Gasteiger partial charge in [-0.25, -0.2) is 9.18 Å². The summed E-state index contributed by atoms with van der Waals surface area (Å²) in [6.45, 7) is 0.137. The molecular weight excluding hydrogens is 223 g/mol. The van der Waals surface area contributed by atoms with Crippen molar-refractivity contribution in [1.29, 1.82) is 0 Å². The van der Waals surface area contributed by atoms with Crippen LogP contribution in [0.3, 0.4) is 0 Å². The third kappa shape index (κ3) is 3.31. The molecule has 1 N–H and O–H groups in total. The van der Waals surface area contributed by atoms with Crippen molar-refractivity contribution < 1.29 is 19.0 Å². The first-order valence-corrected chi connectivity index (χ1v) is 5.47. The standard InChI is InChI=1S/C13H13FO3/c14-11-3-1-2-4-12(11)17-8-10(7-13(15)16)9-5-6-9/h1-4,7,9H,5-6,8H2,(H,15,16)/b10-7-. The van der Waals surface area contributed by atoms with Crippen molar-refractivity contribution in [3.05, 3.63) is 41.7 Å². The molecule has 0 radical (unpaired) electrons. The van der Waals surface area contributed by atoms with Crippen LogP contribution in [-0.4, -0.2) is 17.7 Å². The van der Waals surface area contributed by atoms with Crippen molar-refractivity contribution in [1.82, 2.24) is 0 Å². The molecule has 0 bridgehead atoms. The molecule has 0 unspecified atom stereocenters. The maximum Gasteiger partial charge on any atom is 0.328 e. The third-order valence-electron chi connectivity index (χ3n) is 2.64. The topological polar surface area (TPSA) is 46.5 Å². The lowest BCUT2D eigenvalue weighted by molar-refractivity contribution is -0.131. The van der Waals surface area contributed by atoms with Crippen LogP contribution in [0.2, 0.25) is 0 Å². The van der Waals surface area contributed by atoms with Crippen LogP contribution in [0.4, 0.5) is 4.39 Å². The number of para-hydroxylation sites is 1. The smallest absolute Gasteiger partial charge is 0.328 e. The van der Waals surface area contributed by atoms with E-state index in [1.165, 1.54) is 18.2 Å². The Balaban J connectivity index is 2.01. The van der Waals surface area contributed by atoms with Gasteiger partial charge in [0.2, 0.25) is 0 Å². The van der Waals surface area contributed by atoms with Crippen molar-refractivity contribution in [3.63, 3.8) is 0 Å². The summed E-state index contributed by atoms with van der Waals surface area (Å²) in [4.78, 5) is 10.6. The Hall–Kier alpha value is -1.84. The fourth-order valence-corrected chi connectivity index (χ4v) is 1.61. The summed E-state index contributed by atoms with van der Waals surface area (Å²) in [7, 11) is 0. The van der Waals surface area contributed by atoms with E-state index in [4.69, 9.17) is 9.84 Å². The number of aliphatic carboxylic acids is 1. The van der Waals surface area contributed by atoms with Crippen molar-refractivity contribution >= 4 is 5.97 Å². The Bertz CT molecular complexity index is 450.